The molecule has 160 valence electrons. The van der Waals surface area contributed by atoms with Gasteiger partial charge < -0.3 is 21.3 Å². The maximum absolute atomic E-state index is 12.8. The standard InChI is InChI=1S/C21H31FN4O3/c22-17-10-8-16(9-11-17)15-20(28)24-14-13-23-19(27)7-4-12-25-21(29)26-18-5-2-1-3-6-18/h8-11,18H,1-7,12-15H2,(H,23,27)(H,24,28)(H2,25,26,29). The lowest BCUT2D eigenvalue weighted by atomic mass is 9.96. The molecular weight excluding hydrogens is 375 g/mol. The molecular formula is C21H31FN4O3. The first kappa shape index (κ1) is 22.6. The Balaban J connectivity index is 1.45. The molecule has 0 heterocycles. The topological polar surface area (TPSA) is 99.3 Å². The van der Waals surface area contributed by atoms with E-state index < -0.39 is 0 Å². The Hall–Kier alpha value is -2.64. The average molecular weight is 407 g/mol. The van der Waals surface area contributed by atoms with Crippen molar-refractivity contribution in [2.45, 2.75) is 57.4 Å². The van der Waals surface area contributed by atoms with Crippen LogP contribution in [0.4, 0.5) is 9.18 Å². The van der Waals surface area contributed by atoms with Crippen molar-refractivity contribution in [1.82, 2.24) is 21.3 Å². The zero-order valence-electron chi connectivity index (χ0n) is 16.8. The molecule has 0 atom stereocenters. The number of halogens is 1. The van der Waals surface area contributed by atoms with Crippen molar-refractivity contribution in [3.05, 3.63) is 35.6 Å². The van der Waals surface area contributed by atoms with Crippen LogP contribution in [0, 0.1) is 5.82 Å². The first-order chi connectivity index (χ1) is 14.0. The summed E-state index contributed by atoms with van der Waals surface area (Å²) in [6.45, 7) is 1.11. The zero-order valence-corrected chi connectivity index (χ0v) is 16.8. The van der Waals surface area contributed by atoms with Crippen molar-refractivity contribution in [2.75, 3.05) is 19.6 Å². The molecule has 8 heteroatoms. The monoisotopic (exact) mass is 406 g/mol. The predicted octanol–water partition coefficient (Wildman–Crippen LogP) is 2.01. The lowest BCUT2D eigenvalue weighted by molar-refractivity contribution is -0.122. The summed E-state index contributed by atoms with van der Waals surface area (Å²) < 4.78 is 12.8. The third kappa shape index (κ3) is 9.91. The SMILES string of the molecule is O=C(CCCNC(=O)NC1CCCCC1)NCCNC(=O)Cc1ccc(F)cc1. The second-order valence-electron chi connectivity index (χ2n) is 7.34. The molecule has 7 nitrogen and oxygen atoms in total. The van der Waals surface area contributed by atoms with Crippen LogP contribution in [0.1, 0.15) is 50.5 Å². The lowest BCUT2D eigenvalue weighted by Gasteiger charge is -2.22. The summed E-state index contributed by atoms with van der Waals surface area (Å²) >= 11 is 0. The summed E-state index contributed by atoms with van der Waals surface area (Å²) in [5.41, 5.74) is 0.730. The molecule has 0 radical (unpaired) electrons. The average Bonchev–Trinajstić information content (AvgIpc) is 2.71. The van der Waals surface area contributed by atoms with Crippen LogP contribution in [0.25, 0.3) is 0 Å². The third-order valence-corrected chi connectivity index (χ3v) is 4.85. The number of amides is 4. The Labute approximate surface area is 171 Å². The van der Waals surface area contributed by atoms with Gasteiger partial charge in [-0.05, 0) is 37.0 Å². The molecule has 1 aliphatic carbocycles. The molecule has 29 heavy (non-hydrogen) atoms. The molecule has 2 rings (SSSR count). The number of carbonyl (C=O) groups excluding carboxylic acids is 3. The number of urea groups is 1. The number of nitrogens with one attached hydrogen (secondary N) is 4. The highest BCUT2D eigenvalue weighted by molar-refractivity contribution is 5.79. The van der Waals surface area contributed by atoms with Crippen molar-refractivity contribution in [1.29, 1.82) is 0 Å². The van der Waals surface area contributed by atoms with Crippen molar-refractivity contribution in [3.8, 4) is 0 Å². The van der Waals surface area contributed by atoms with Crippen molar-refractivity contribution < 1.29 is 18.8 Å². The van der Waals surface area contributed by atoms with E-state index in [0.717, 1.165) is 31.2 Å². The number of rotatable bonds is 10. The smallest absolute Gasteiger partial charge is 0.315 e. The maximum atomic E-state index is 12.8. The van der Waals surface area contributed by atoms with Gasteiger partial charge in [0, 0.05) is 32.1 Å². The summed E-state index contributed by atoms with van der Waals surface area (Å²) in [4.78, 5) is 35.4. The molecule has 1 fully saturated rings. The van der Waals surface area contributed by atoms with Gasteiger partial charge >= 0.3 is 6.03 Å². The fraction of sp³-hybridized carbons (Fsp3) is 0.571. The molecule has 0 spiro atoms. The van der Waals surface area contributed by atoms with Gasteiger partial charge in [0.15, 0.2) is 0 Å². The molecule has 1 aromatic rings. The molecule has 0 aliphatic heterocycles. The van der Waals surface area contributed by atoms with Gasteiger partial charge in [-0.25, -0.2) is 9.18 Å². The minimum Gasteiger partial charge on any atom is -0.354 e. The molecule has 1 aliphatic rings. The quantitative estimate of drug-likeness (QED) is 0.447. The van der Waals surface area contributed by atoms with Crippen LogP contribution in [0.2, 0.25) is 0 Å². The second-order valence-corrected chi connectivity index (χ2v) is 7.34. The third-order valence-electron chi connectivity index (χ3n) is 4.85. The van der Waals surface area contributed by atoms with E-state index in [-0.39, 0.29) is 36.1 Å². The van der Waals surface area contributed by atoms with Crippen LogP contribution in [-0.4, -0.2) is 43.5 Å². The van der Waals surface area contributed by atoms with Gasteiger partial charge in [0.25, 0.3) is 0 Å². The molecule has 0 aromatic heterocycles. The van der Waals surface area contributed by atoms with E-state index in [2.05, 4.69) is 21.3 Å². The number of carbonyl (C=O) groups is 3. The van der Waals surface area contributed by atoms with E-state index in [1.54, 1.807) is 12.1 Å². The minimum atomic E-state index is -0.336. The highest BCUT2D eigenvalue weighted by atomic mass is 19.1. The molecule has 1 aromatic carbocycles. The van der Waals surface area contributed by atoms with Gasteiger partial charge in [0.05, 0.1) is 6.42 Å². The van der Waals surface area contributed by atoms with E-state index in [1.807, 2.05) is 0 Å². The fourth-order valence-corrected chi connectivity index (χ4v) is 3.28. The highest BCUT2D eigenvalue weighted by Crippen LogP contribution is 2.17. The molecule has 0 saturated heterocycles. The van der Waals surface area contributed by atoms with Gasteiger partial charge in [-0.15, -0.1) is 0 Å². The van der Waals surface area contributed by atoms with Crippen LogP contribution < -0.4 is 21.3 Å². The van der Waals surface area contributed by atoms with Gasteiger partial charge in [0.1, 0.15) is 5.82 Å². The largest absolute Gasteiger partial charge is 0.354 e. The number of hydrogen-bond acceptors (Lipinski definition) is 3. The zero-order chi connectivity index (χ0) is 20.9. The van der Waals surface area contributed by atoms with Gasteiger partial charge in [-0.2, -0.15) is 0 Å². The summed E-state index contributed by atoms with van der Waals surface area (Å²) in [6.07, 6.45) is 6.69. The van der Waals surface area contributed by atoms with Gasteiger partial charge in [-0.3, -0.25) is 9.59 Å². The summed E-state index contributed by atoms with van der Waals surface area (Å²) in [5, 5.41) is 11.2. The van der Waals surface area contributed by atoms with Crippen molar-refractivity contribution >= 4 is 17.8 Å². The lowest BCUT2D eigenvalue weighted by Crippen LogP contribution is -2.43. The Morgan fingerprint density at radius 1 is 0.862 bits per heavy atom. The molecule has 4 N–H and O–H groups in total. The van der Waals surface area contributed by atoms with Crippen LogP contribution >= 0.6 is 0 Å². The van der Waals surface area contributed by atoms with Crippen LogP contribution in [0.5, 0.6) is 0 Å². The first-order valence-corrected chi connectivity index (χ1v) is 10.3. The van der Waals surface area contributed by atoms with Crippen molar-refractivity contribution in [3.63, 3.8) is 0 Å². The minimum absolute atomic E-state index is 0.118. The highest BCUT2D eigenvalue weighted by Gasteiger charge is 2.15. The van der Waals surface area contributed by atoms with E-state index in [1.165, 1.54) is 18.6 Å². The summed E-state index contributed by atoms with van der Waals surface area (Å²) in [5.74, 6) is -0.636. The van der Waals surface area contributed by atoms with Crippen LogP contribution in [0.15, 0.2) is 24.3 Å². The second kappa shape index (κ2) is 12.7. The molecule has 0 unspecified atom stereocenters. The summed E-state index contributed by atoms with van der Waals surface area (Å²) in [7, 11) is 0. The van der Waals surface area contributed by atoms with Gasteiger partial charge in [0.2, 0.25) is 11.8 Å². The number of hydrogen-bond donors (Lipinski definition) is 4. The molecule has 4 amide bonds. The summed E-state index contributed by atoms with van der Waals surface area (Å²) in [6, 6.07) is 5.88. The molecule has 1 saturated carbocycles. The normalized spacial score (nSPS) is 14.1. The number of benzene rings is 1. The van der Waals surface area contributed by atoms with E-state index >= 15 is 0 Å². The Morgan fingerprint density at radius 2 is 1.52 bits per heavy atom. The molecule has 0 bridgehead atoms. The van der Waals surface area contributed by atoms with Crippen molar-refractivity contribution in [2.24, 2.45) is 0 Å². The first-order valence-electron chi connectivity index (χ1n) is 10.3. The van der Waals surface area contributed by atoms with E-state index in [0.29, 0.717) is 32.5 Å². The van der Waals surface area contributed by atoms with E-state index in [9.17, 15) is 18.8 Å². The van der Waals surface area contributed by atoms with Crippen LogP contribution in [0.3, 0.4) is 0 Å². The Bertz CT molecular complexity index is 660. The Morgan fingerprint density at radius 3 is 2.21 bits per heavy atom. The van der Waals surface area contributed by atoms with Gasteiger partial charge in [-0.1, -0.05) is 31.4 Å². The van der Waals surface area contributed by atoms with E-state index in [4.69, 9.17) is 0 Å². The Kier molecular flexibility index (Phi) is 9.95. The predicted molar refractivity (Wildman–Crippen MR) is 109 cm³/mol. The van der Waals surface area contributed by atoms with Crippen LogP contribution in [-0.2, 0) is 16.0 Å². The maximum Gasteiger partial charge on any atom is 0.315 e. The fourth-order valence-electron chi connectivity index (χ4n) is 3.28.